The third-order valence-corrected chi connectivity index (χ3v) is 8.17. The lowest BCUT2D eigenvalue weighted by Crippen LogP contribution is -2.48. The predicted octanol–water partition coefficient (Wildman–Crippen LogP) is 2.86. The normalized spacial score (nSPS) is 21.8. The first-order valence-electron chi connectivity index (χ1n) is 13.6. The summed E-state index contributed by atoms with van der Waals surface area (Å²) in [6.45, 7) is 8.56. The van der Waals surface area contributed by atoms with Gasteiger partial charge in [-0.1, -0.05) is 52.4 Å². The molecule has 0 aliphatic carbocycles. The van der Waals surface area contributed by atoms with Crippen LogP contribution in [-0.2, 0) is 52.9 Å². The Morgan fingerprint density at radius 1 is 0.744 bits per heavy atom. The molecule has 0 aromatic heterocycles. The molecule has 0 N–H and O–H groups in total. The van der Waals surface area contributed by atoms with Gasteiger partial charge in [0.2, 0.25) is 15.5 Å². The summed E-state index contributed by atoms with van der Waals surface area (Å²) in [5.74, 6) is -3.06. The molecule has 1 rings (SSSR count). The molecule has 1 fully saturated rings. The lowest BCUT2D eigenvalue weighted by atomic mass is 10.1. The van der Waals surface area contributed by atoms with Gasteiger partial charge in [0.15, 0.2) is 18.3 Å². The Hall–Kier alpha value is -2.25. The van der Waals surface area contributed by atoms with E-state index in [1.165, 1.54) is 4.31 Å². The molecule has 0 spiro atoms. The summed E-state index contributed by atoms with van der Waals surface area (Å²) >= 11 is 0. The van der Waals surface area contributed by atoms with E-state index in [1.807, 2.05) is 0 Å². The van der Waals surface area contributed by atoms with Crippen LogP contribution in [0.15, 0.2) is 0 Å². The topological polar surface area (TPSA) is 152 Å². The molecule has 0 bridgehead atoms. The minimum atomic E-state index is -4.27. The Labute approximate surface area is 232 Å². The van der Waals surface area contributed by atoms with Gasteiger partial charge in [-0.25, -0.2) is 8.42 Å². The van der Waals surface area contributed by atoms with Crippen LogP contribution in [0, 0.1) is 0 Å². The fraction of sp³-hybridized carbons (Fsp3) is 0.846. The minimum absolute atomic E-state index is 0.241. The Balaban J connectivity index is 3.47. The highest BCUT2D eigenvalue weighted by Crippen LogP contribution is 2.35. The molecule has 1 aliphatic heterocycles. The molecule has 0 unspecified atom stereocenters. The number of nitrogens with zero attached hydrogens (tertiary/aromatic N) is 1. The van der Waals surface area contributed by atoms with E-state index >= 15 is 0 Å². The van der Waals surface area contributed by atoms with Gasteiger partial charge in [0.1, 0.15) is 12.7 Å². The molecule has 1 aliphatic rings. The Morgan fingerprint density at radius 3 is 1.69 bits per heavy atom. The lowest BCUT2D eigenvalue weighted by Gasteiger charge is -2.28. The standard InChI is InChI=1S/C26H45NO11S/c1-7-9-11-13-15-27(16-14-12-10-8-2)39(32,33)26-25(37-21(6)31)24(36-20(5)30)23(38-26)22(35-19(4)29)17-34-18(3)28/h22-26H,7-17H2,1-6H3/t22-,23+,24+,25-,26+/m1/s1. The summed E-state index contributed by atoms with van der Waals surface area (Å²) in [5.41, 5.74) is -1.75. The zero-order chi connectivity index (χ0) is 29.6. The van der Waals surface area contributed by atoms with Gasteiger partial charge in [-0.05, 0) is 12.8 Å². The zero-order valence-corrected chi connectivity index (χ0v) is 24.8. The second kappa shape index (κ2) is 17.4. The highest BCUT2D eigenvalue weighted by molar-refractivity contribution is 7.89. The maximum Gasteiger partial charge on any atom is 0.303 e. The first-order valence-corrected chi connectivity index (χ1v) is 15.1. The van der Waals surface area contributed by atoms with Crippen molar-refractivity contribution in [2.24, 2.45) is 0 Å². The van der Waals surface area contributed by atoms with Crippen molar-refractivity contribution in [3.8, 4) is 0 Å². The van der Waals surface area contributed by atoms with Crippen LogP contribution < -0.4 is 0 Å². The van der Waals surface area contributed by atoms with Gasteiger partial charge in [0, 0.05) is 40.8 Å². The van der Waals surface area contributed by atoms with E-state index in [1.54, 1.807) is 0 Å². The number of unbranched alkanes of at least 4 members (excludes halogenated alkanes) is 6. The number of hydrogen-bond acceptors (Lipinski definition) is 11. The molecule has 1 saturated heterocycles. The Morgan fingerprint density at radius 2 is 1.26 bits per heavy atom. The van der Waals surface area contributed by atoms with Crippen LogP contribution in [0.5, 0.6) is 0 Å². The Bertz CT molecular complexity index is 896. The smallest absolute Gasteiger partial charge is 0.303 e. The first-order chi connectivity index (χ1) is 18.3. The second-order valence-corrected chi connectivity index (χ2v) is 11.6. The molecule has 0 aromatic rings. The van der Waals surface area contributed by atoms with E-state index < -0.39 is 70.4 Å². The summed E-state index contributed by atoms with van der Waals surface area (Å²) in [6, 6.07) is 0. The number of carbonyl (C=O) groups is 4. The van der Waals surface area contributed by atoms with Gasteiger partial charge in [-0.15, -0.1) is 0 Å². The van der Waals surface area contributed by atoms with Crippen LogP contribution in [0.1, 0.15) is 92.9 Å². The molecular formula is C26H45NO11S. The average Bonchev–Trinajstić information content (AvgIpc) is 3.17. The fourth-order valence-corrected chi connectivity index (χ4v) is 6.26. The van der Waals surface area contributed by atoms with Crippen molar-refractivity contribution in [2.45, 2.75) is 123 Å². The van der Waals surface area contributed by atoms with Crippen LogP contribution in [-0.4, -0.2) is 86.1 Å². The molecule has 13 heteroatoms. The molecule has 0 radical (unpaired) electrons. The minimum Gasteiger partial charge on any atom is -0.462 e. The Kier molecular flexibility index (Phi) is 15.6. The summed E-state index contributed by atoms with van der Waals surface area (Å²) in [5, 5.41) is 0. The SMILES string of the molecule is CCCCCCN(CCCCCC)S(=O)(=O)[C@@H]1O[C@@H]([C@@H](COC(C)=O)OC(C)=O)[C@H](OC(C)=O)[C@H]1OC(C)=O. The molecule has 0 amide bonds. The third kappa shape index (κ3) is 11.8. The van der Waals surface area contributed by atoms with Crippen molar-refractivity contribution in [3.05, 3.63) is 0 Å². The highest BCUT2D eigenvalue weighted by atomic mass is 32.2. The number of rotatable bonds is 18. The summed E-state index contributed by atoms with van der Waals surface area (Å²) < 4.78 is 56.3. The van der Waals surface area contributed by atoms with Crippen LogP contribution >= 0.6 is 0 Å². The molecule has 0 saturated carbocycles. The predicted molar refractivity (Wildman–Crippen MR) is 141 cm³/mol. The molecule has 226 valence electrons. The third-order valence-electron chi connectivity index (χ3n) is 6.12. The van der Waals surface area contributed by atoms with Crippen molar-refractivity contribution in [1.82, 2.24) is 4.31 Å². The van der Waals surface area contributed by atoms with Crippen LogP contribution in [0.25, 0.3) is 0 Å². The van der Waals surface area contributed by atoms with E-state index in [9.17, 15) is 27.6 Å². The van der Waals surface area contributed by atoms with Gasteiger partial charge < -0.3 is 23.7 Å². The quantitative estimate of drug-likeness (QED) is 0.134. The lowest BCUT2D eigenvalue weighted by molar-refractivity contribution is -0.176. The van der Waals surface area contributed by atoms with Crippen molar-refractivity contribution in [1.29, 1.82) is 0 Å². The van der Waals surface area contributed by atoms with Crippen LogP contribution in [0.4, 0.5) is 0 Å². The van der Waals surface area contributed by atoms with Gasteiger partial charge in [0.05, 0.1) is 0 Å². The van der Waals surface area contributed by atoms with Gasteiger partial charge in [0.25, 0.3) is 0 Å². The molecule has 5 atom stereocenters. The molecule has 0 aromatic carbocycles. The van der Waals surface area contributed by atoms with Crippen molar-refractivity contribution < 1.29 is 51.3 Å². The van der Waals surface area contributed by atoms with Crippen molar-refractivity contribution in [2.75, 3.05) is 19.7 Å². The largest absolute Gasteiger partial charge is 0.462 e. The van der Waals surface area contributed by atoms with E-state index in [-0.39, 0.29) is 13.1 Å². The van der Waals surface area contributed by atoms with Gasteiger partial charge in [-0.2, -0.15) is 4.31 Å². The van der Waals surface area contributed by atoms with Crippen LogP contribution in [0.2, 0.25) is 0 Å². The molecule has 12 nitrogen and oxygen atoms in total. The second-order valence-electron chi connectivity index (χ2n) is 9.63. The maximum atomic E-state index is 14.0. The van der Waals surface area contributed by atoms with E-state index in [0.717, 1.165) is 66.2 Å². The average molecular weight is 580 g/mol. The fourth-order valence-electron chi connectivity index (χ4n) is 4.38. The first kappa shape index (κ1) is 34.8. The summed E-state index contributed by atoms with van der Waals surface area (Å²) in [7, 11) is -4.27. The molecule has 39 heavy (non-hydrogen) atoms. The number of ether oxygens (including phenoxy) is 5. The van der Waals surface area contributed by atoms with E-state index in [0.29, 0.717) is 12.8 Å². The van der Waals surface area contributed by atoms with E-state index in [4.69, 9.17) is 23.7 Å². The monoisotopic (exact) mass is 579 g/mol. The summed E-state index contributed by atoms with van der Waals surface area (Å²) in [4.78, 5) is 47.4. The maximum absolute atomic E-state index is 14.0. The highest BCUT2D eigenvalue weighted by Gasteiger charge is 2.58. The van der Waals surface area contributed by atoms with Crippen molar-refractivity contribution >= 4 is 33.9 Å². The number of esters is 4. The number of carbonyl (C=O) groups excluding carboxylic acids is 4. The van der Waals surface area contributed by atoms with E-state index in [2.05, 4.69) is 13.8 Å². The van der Waals surface area contributed by atoms with Crippen molar-refractivity contribution in [3.63, 3.8) is 0 Å². The molecular weight excluding hydrogens is 534 g/mol. The van der Waals surface area contributed by atoms with Gasteiger partial charge in [-0.3, -0.25) is 19.2 Å². The zero-order valence-electron chi connectivity index (χ0n) is 24.0. The van der Waals surface area contributed by atoms with Crippen LogP contribution in [0.3, 0.4) is 0 Å². The number of sulfonamides is 1. The van der Waals surface area contributed by atoms with Gasteiger partial charge >= 0.3 is 23.9 Å². The number of hydrogen-bond donors (Lipinski definition) is 0. The summed E-state index contributed by atoms with van der Waals surface area (Å²) in [6.07, 6.45) is 1.07. The molecule has 1 heterocycles.